The second-order valence-corrected chi connectivity index (χ2v) is 3.34. The van der Waals surface area contributed by atoms with Crippen molar-refractivity contribution in [2.45, 2.75) is 0 Å². The van der Waals surface area contributed by atoms with E-state index < -0.39 is 0 Å². The zero-order chi connectivity index (χ0) is 11.4. The van der Waals surface area contributed by atoms with Gasteiger partial charge in [0, 0.05) is 12.3 Å². The van der Waals surface area contributed by atoms with Gasteiger partial charge in [-0.3, -0.25) is 4.99 Å². The van der Waals surface area contributed by atoms with Gasteiger partial charge in [-0.05, 0) is 5.56 Å². The molecule has 0 unspecified atom stereocenters. The number of rotatable bonds is 2. The van der Waals surface area contributed by atoms with Crippen molar-refractivity contribution in [3.05, 3.63) is 48.2 Å². The number of hydrogen-bond donors (Lipinski definition) is 2. The number of pyridine rings is 1. The van der Waals surface area contributed by atoms with Gasteiger partial charge in [0.2, 0.25) is 0 Å². The molecule has 1 aromatic carbocycles. The molecule has 1 aromatic heterocycles. The first-order valence-corrected chi connectivity index (χ1v) is 4.86. The quantitative estimate of drug-likeness (QED) is 0.747. The minimum Gasteiger partial charge on any atom is -0.397 e. The van der Waals surface area contributed by atoms with Crippen molar-refractivity contribution in [1.29, 1.82) is 0 Å². The summed E-state index contributed by atoms with van der Waals surface area (Å²) in [7, 11) is 0. The zero-order valence-corrected chi connectivity index (χ0v) is 8.67. The van der Waals surface area contributed by atoms with Gasteiger partial charge < -0.3 is 11.5 Å². The molecule has 2 rings (SSSR count). The van der Waals surface area contributed by atoms with Gasteiger partial charge in [-0.25, -0.2) is 4.98 Å². The lowest BCUT2D eigenvalue weighted by atomic mass is 10.2. The normalized spacial score (nSPS) is 10.8. The van der Waals surface area contributed by atoms with Gasteiger partial charge in [0.1, 0.15) is 11.5 Å². The van der Waals surface area contributed by atoms with Crippen LogP contribution in [0.15, 0.2) is 47.6 Å². The van der Waals surface area contributed by atoms with Crippen LogP contribution in [0.1, 0.15) is 5.56 Å². The molecule has 0 atom stereocenters. The largest absolute Gasteiger partial charge is 0.397 e. The molecule has 80 valence electrons. The zero-order valence-electron chi connectivity index (χ0n) is 8.67. The maximum absolute atomic E-state index is 5.75. The fourth-order valence-electron chi connectivity index (χ4n) is 1.27. The van der Waals surface area contributed by atoms with Gasteiger partial charge in [-0.2, -0.15) is 0 Å². The highest BCUT2D eigenvalue weighted by Crippen LogP contribution is 2.21. The topological polar surface area (TPSA) is 77.3 Å². The summed E-state index contributed by atoms with van der Waals surface area (Å²) in [5.41, 5.74) is 13.4. The van der Waals surface area contributed by atoms with E-state index >= 15 is 0 Å². The monoisotopic (exact) mass is 212 g/mol. The molecule has 0 saturated heterocycles. The number of benzene rings is 1. The third-order valence-electron chi connectivity index (χ3n) is 2.09. The Labute approximate surface area is 93.6 Å². The van der Waals surface area contributed by atoms with Crippen LogP contribution < -0.4 is 11.5 Å². The van der Waals surface area contributed by atoms with Gasteiger partial charge >= 0.3 is 0 Å². The Bertz CT molecular complexity index is 506. The third-order valence-corrected chi connectivity index (χ3v) is 2.09. The summed E-state index contributed by atoms with van der Waals surface area (Å²) >= 11 is 0. The Morgan fingerprint density at radius 3 is 2.56 bits per heavy atom. The highest BCUT2D eigenvalue weighted by Gasteiger charge is 1.97. The van der Waals surface area contributed by atoms with Crippen LogP contribution >= 0.6 is 0 Å². The molecule has 0 amide bonds. The van der Waals surface area contributed by atoms with Crippen molar-refractivity contribution < 1.29 is 0 Å². The second kappa shape index (κ2) is 4.44. The van der Waals surface area contributed by atoms with Crippen molar-refractivity contribution in [3.8, 4) is 0 Å². The summed E-state index contributed by atoms with van der Waals surface area (Å²) in [5, 5.41) is 0. The van der Waals surface area contributed by atoms with Crippen LogP contribution in [0, 0.1) is 0 Å². The van der Waals surface area contributed by atoms with Crippen molar-refractivity contribution in [2.24, 2.45) is 4.99 Å². The van der Waals surface area contributed by atoms with Crippen LogP contribution in [0.3, 0.4) is 0 Å². The van der Waals surface area contributed by atoms with Gasteiger partial charge in [-0.1, -0.05) is 30.3 Å². The lowest BCUT2D eigenvalue weighted by molar-refractivity contribution is 1.32. The molecule has 0 saturated carbocycles. The second-order valence-electron chi connectivity index (χ2n) is 3.34. The van der Waals surface area contributed by atoms with Crippen LogP contribution in [-0.2, 0) is 0 Å². The first kappa shape index (κ1) is 10.2. The molecule has 4 heteroatoms. The Hall–Kier alpha value is -2.36. The average molecular weight is 212 g/mol. The molecule has 2 aromatic rings. The van der Waals surface area contributed by atoms with Gasteiger partial charge in [-0.15, -0.1) is 0 Å². The van der Waals surface area contributed by atoms with E-state index in [1.165, 1.54) is 0 Å². The minimum atomic E-state index is 0.399. The van der Waals surface area contributed by atoms with Gasteiger partial charge in [0.15, 0.2) is 0 Å². The van der Waals surface area contributed by atoms with Crippen molar-refractivity contribution in [2.75, 3.05) is 11.5 Å². The Balaban J connectivity index is 2.24. The SMILES string of the molecule is Nc1cc(N)c(N=Cc2ccccc2)cn1. The molecular formula is C12H12N4. The Morgan fingerprint density at radius 2 is 1.88 bits per heavy atom. The first-order valence-electron chi connectivity index (χ1n) is 4.86. The summed E-state index contributed by atoms with van der Waals surface area (Å²) in [6.45, 7) is 0. The molecular weight excluding hydrogens is 200 g/mol. The Morgan fingerprint density at radius 1 is 1.12 bits per heavy atom. The van der Waals surface area contributed by atoms with Crippen LogP contribution in [0.5, 0.6) is 0 Å². The number of nitrogens with two attached hydrogens (primary N) is 2. The minimum absolute atomic E-state index is 0.399. The highest BCUT2D eigenvalue weighted by molar-refractivity contribution is 5.83. The molecule has 0 fully saturated rings. The lowest BCUT2D eigenvalue weighted by Gasteiger charge is -1.99. The van der Waals surface area contributed by atoms with Crippen molar-refractivity contribution in [1.82, 2.24) is 4.98 Å². The van der Waals surface area contributed by atoms with E-state index in [0.717, 1.165) is 5.56 Å². The summed E-state index contributed by atoms with van der Waals surface area (Å²) in [5.74, 6) is 0.399. The average Bonchev–Trinajstić information content (AvgIpc) is 2.29. The number of anilines is 2. The predicted molar refractivity (Wildman–Crippen MR) is 66.8 cm³/mol. The standard InChI is InChI=1S/C12H12N4/c13-10-6-12(14)16-8-11(10)15-7-9-4-2-1-3-5-9/h1-8H,(H4,13,14,16). The van der Waals surface area contributed by atoms with E-state index in [1.54, 1.807) is 18.5 Å². The number of aliphatic imine (C=N–C) groups is 1. The van der Waals surface area contributed by atoms with E-state index in [2.05, 4.69) is 9.98 Å². The first-order chi connectivity index (χ1) is 7.75. The molecule has 0 aliphatic rings. The smallest absolute Gasteiger partial charge is 0.125 e. The number of aromatic nitrogens is 1. The van der Waals surface area contributed by atoms with E-state index in [-0.39, 0.29) is 0 Å². The van der Waals surface area contributed by atoms with E-state index in [9.17, 15) is 0 Å². The molecule has 16 heavy (non-hydrogen) atoms. The molecule has 1 heterocycles. The van der Waals surface area contributed by atoms with Crippen LogP contribution in [0.4, 0.5) is 17.2 Å². The van der Waals surface area contributed by atoms with Crippen molar-refractivity contribution in [3.63, 3.8) is 0 Å². The molecule has 0 radical (unpaired) electrons. The Kier molecular flexibility index (Phi) is 2.82. The van der Waals surface area contributed by atoms with Crippen molar-refractivity contribution >= 4 is 23.4 Å². The van der Waals surface area contributed by atoms with Gasteiger partial charge in [0.05, 0.1) is 11.9 Å². The van der Waals surface area contributed by atoms with E-state index in [1.807, 2.05) is 30.3 Å². The maximum atomic E-state index is 5.75. The fourth-order valence-corrected chi connectivity index (χ4v) is 1.27. The predicted octanol–water partition coefficient (Wildman–Crippen LogP) is 2.00. The molecule has 0 aliphatic heterocycles. The summed E-state index contributed by atoms with van der Waals surface area (Å²) in [6.07, 6.45) is 3.30. The number of hydrogen-bond acceptors (Lipinski definition) is 4. The fraction of sp³-hybridized carbons (Fsp3) is 0. The van der Waals surface area contributed by atoms with Crippen LogP contribution in [-0.4, -0.2) is 11.2 Å². The molecule has 4 N–H and O–H groups in total. The molecule has 0 bridgehead atoms. The number of nitrogens with zero attached hydrogens (tertiary/aromatic N) is 2. The molecule has 0 spiro atoms. The molecule has 4 nitrogen and oxygen atoms in total. The van der Waals surface area contributed by atoms with Gasteiger partial charge in [0.25, 0.3) is 0 Å². The summed E-state index contributed by atoms with van der Waals surface area (Å²) in [4.78, 5) is 8.19. The summed E-state index contributed by atoms with van der Waals surface area (Å²) < 4.78 is 0. The third kappa shape index (κ3) is 2.36. The highest BCUT2D eigenvalue weighted by atomic mass is 14.9. The maximum Gasteiger partial charge on any atom is 0.125 e. The summed E-state index contributed by atoms with van der Waals surface area (Å²) in [6, 6.07) is 11.4. The van der Waals surface area contributed by atoms with Crippen LogP contribution in [0.25, 0.3) is 0 Å². The van der Waals surface area contributed by atoms with E-state index in [4.69, 9.17) is 11.5 Å². The molecule has 0 aliphatic carbocycles. The van der Waals surface area contributed by atoms with E-state index in [0.29, 0.717) is 17.2 Å². The van der Waals surface area contributed by atoms with Crippen LogP contribution in [0.2, 0.25) is 0 Å². The lowest BCUT2D eigenvalue weighted by Crippen LogP contribution is -1.93. The number of nitrogen functional groups attached to an aromatic ring is 2.